The molecule has 4 bridgehead atoms. The summed E-state index contributed by atoms with van der Waals surface area (Å²) in [5, 5.41) is 3.08. The summed E-state index contributed by atoms with van der Waals surface area (Å²) in [5.41, 5.74) is 6.39. The number of nitrogens with zero attached hydrogens (tertiary/aromatic N) is 2. The number of aromatic nitrogens is 1. The maximum atomic E-state index is 12.9. The van der Waals surface area contributed by atoms with E-state index in [-0.39, 0.29) is 27.5 Å². The quantitative estimate of drug-likeness (QED) is 0.634. The maximum Gasteiger partial charge on any atom is 0.224 e. The van der Waals surface area contributed by atoms with E-state index < -0.39 is 0 Å². The molecular formula is C23H31BrN4O2. The number of nitrogens with one attached hydrogen (secondary N) is 1. The molecule has 1 aromatic heterocycles. The van der Waals surface area contributed by atoms with Crippen molar-refractivity contribution in [2.45, 2.75) is 62.1 Å². The smallest absolute Gasteiger partial charge is 0.224 e. The molecule has 6 rings (SSSR count). The normalized spacial score (nSPS) is 37.2. The second-order valence-corrected chi connectivity index (χ2v) is 12.1. The molecule has 5 fully saturated rings. The van der Waals surface area contributed by atoms with E-state index in [1.807, 2.05) is 12.1 Å². The van der Waals surface area contributed by atoms with Gasteiger partial charge in [-0.05, 0) is 80.8 Å². The number of amides is 2. The molecule has 1 saturated heterocycles. The van der Waals surface area contributed by atoms with Crippen LogP contribution in [0.4, 0.5) is 11.5 Å². The fraction of sp³-hybridized carbons (Fsp3) is 0.696. The number of carbonyl (C=O) groups is 2. The lowest BCUT2D eigenvalue weighted by Gasteiger charge is -2.60. The Morgan fingerprint density at radius 1 is 1.23 bits per heavy atom. The van der Waals surface area contributed by atoms with E-state index in [9.17, 15) is 9.59 Å². The van der Waals surface area contributed by atoms with Gasteiger partial charge in [0.1, 0.15) is 5.82 Å². The Labute approximate surface area is 186 Å². The van der Waals surface area contributed by atoms with Gasteiger partial charge in [0, 0.05) is 23.8 Å². The number of hydrogen-bond donors (Lipinski definition) is 2. The van der Waals surface area contributed by atoms with Crippen molar-refractivity contribution in [3.05, 3.63) is 18.3 Å². The minimum Gasteiger partial charge on any atom is -0.369 e. The number of nitrogens with two attached hydrogens (primary N) is 1. The molecule has 3 atom stereocenters. The van der Waals surface area contributed by atoms with Gasteiger partial charge in [0.15, 0.2) is 0 Å². The van der Waals surface area contributed by atoms with Crippen LogP contribution < -0.4 is 16.0 Å². The van der Waals surface area contributed by atoms with E-state index in [1.54, 1.807) is 6.20 Å². The minimum absolute atomic E-state index is 0.106. The molecule has 4 aliphatic carbocycles. The second-order valence-electron chi connectivity index (χ2n) is 10.4. The van der Waals surface area contributed by atoms with Crippen LogP contribution >= 0.6 is 15.9 Å². The lowest BCUT2D eigenvalue weighted by Crippen LogP contribution is -2.53. The summed E-state index contributed by atoms with van der Waals surface area (Å²) in [6.45, 7) is 1.49. The highest BCUT2D eigenvalue weighted by Crippen LogP contribution is 2.65. The molecule has 1 aromatic rings. The third-order valence-electron chi connectivity index (χ3n) is 7.83. The predicted octanol–water partition coefficient (Wildman–Crippen LogP) is 3.85. The molecule has 3 unspecified atom stereocenters. The Hall–Kier alpha value is -1.63. The fourth-order valence-corrected chi connectivity index (χ4v) is 8.66. The molecule has 30 heavy (non-hydrogen) atoms. The highest BCUT2D eigenvalue weighted by molar-refractivity contribution is 9.10. The van der Waals surface area contributed by atoms with Gasteiger partial charge < -0.3 is 16.0 Å². The van der Waals surface area contributed by atoms with Crippen molar-refractivity contribution in [2.24, 2.45) is 28.9 Å². The zero-order chi connectivity index (χ0) is 20.9. The van der Waals surface area contributed by atoms with E-state index in [0.29, 0.717) is 13.0 Å². The van der Waals surface area contributed by atoms with Crippen LogP contribution in [0.15, 0.2) is 18.3 Å². The summed E-state index contributed by atoms with van der Waals surface area (Å²) in [6, 6.07) is 3.84. The van der Waals surface area contributed by atoms with Crippen molar-refractivity contribution < 1.29 is 9.59 Å². The van der Waals surface area contributed by atoms with Crippen LogP contribution in [0.5, 0.6) is 0 Å². The number of hydrogen-bond acceptors (Lipinski definition) is 4. The van der Waals surface area contributed by atoms with Gasteiger partial charge in [-0.2, -0.15) is 0 Å². The monoisotopic (exact) mass is 474 g/mol. The Morgan fingerprint density at radius 2 is 2.00 bits per heavy atom. The highest BCUT2D eigenvalue weighted by atomic mass is 79.9. The number of piperidine rings is 1. The van der Waals surface area contributed by atoms with Gasteiger partial charge in [0.05, 0.1) is 17.8 Å². The summed E-state index contributed by atoms with van der Waals surface area (Å²) in [6.07, 6.45) is 11.6. The third-order valence-corrected chi connectivity index (χ3v) is 8.75. The molecule has 2 heterocycles. The van der Waals surface area contributed by atoms with Gasteiger partial charge in [-0.15, -0.1) is 0 Å². The first-order valence-corrected chi connectivity index (χ1v) is 12.1. The van der Waals surface area contributed by atoms with Gasteiger partial charge >= 0.3 is 0 Å². The highest BCUT2D eigenvalue weighted by Gasteiger charge is 2.57. The van der Waals surface area contributed by atoms with Crippen LogP contribution in [0.2, 0.25) is 0 Å². The summed E-state index contributed by atoms with van der Waals surface area (Å²) < 4.78 is 0.276. The zero-order valence-corrected chi connectivity index (χ0v) is 19.0. The SMILES string of the molecule is NC(=O)C1CCCN(c2ccc(NC(=O)CC34CC5CC(CC(Br)(C5)C3)C4)cn2)C1. The topological polar surface area (TPSA) is 88.3 Å². The molecule has 2 amide bonds. The standard InChI is InChI=1S/C23H31BrN4O2/c24-23-9-15-6-16(10-23)8-22(7-15,14-23)11-20(29)27-18-3-4-19(26-12-18)28-5-1-2-17(13-28)21(25)30/h3-4,12,15-17H,1-2,5-11,13-14H2,(H2,25,30)(H,27,29). The van der Waals surface area contributed by atoms with Gasteiger partial charge in [0.25, 0.3) is 0 Å². The minimum atomic E-state index is -0.237. The fourth-order valence-electron chi connectivity index (χ4n) is 7.15. The summed E-state index contributed by atoms with van der Waals surface area (Å²) in [7, 11) is 0. The number of carbonyl (C=O) groups excluding carboxylic acids is 2. The summed E-state index contributed by atoms with van der Waals surface area (Å²) in [4.78, 5) is 31.0. The van der Waals surface area contributed by atoms with Crippen molar-refractivity contribution in [3.63, 3.8) is 0 Å². The molecule has 6 nitrogen and oxygen atoms in total. The van der Waals surface area contributed by atoms with Gasteiger partial charge in [-0.3, -0.25) is 9.59 Å². The van der Waals surface area contributed by atoms with Crippen molar-refractivity contribution in [1.82, 2.24) is 4.98 Å². The Morgan fingerprint density at radius 3 is 2.63 bits per heavy atom. The number of primary amides is 1. The molecule has 5 aliphatic rings. The molecule has 1 aliphatic heterocycles. The van der Waals surface area contributed by atoms with Crippen LogP contribution in [-0.2, 0) is 9.59 Å². The number of anilines is 2. The van der Waals surface area contributed by atoms with Crippen molar-refractivity contribution in [1.29, 1.82) is 0 Å². The van der Waals surface area contributed by atoms with Crippen LogP contribution in [0, 0.1) is 23.2 Å². The molecule has 7 heteroatoms. The first-order valence-electron chi connectivity index (χ1n) is 11.3. The first-order chi connectivity index (χ1) is 14.3. The van der Waals surface area contributed by atoms with Crippen molar-refractivity contribution in [3.8, 4) is 0 Å². The average molecular weight is 475 g/mol. The van der Waals surface area contributed by atoms with Crippen molar-refractivity contribution >= 4 is 39.2 Å². The van der Waals surface area contributed by atoms with E-state index in [4.69, 9.17) is 5.73 Å². The van der Waals surface area contributed by atoms with Crippen LogP contribution in [0.1, 0.15) is 57.8 Å². The number of rotatable bonds is 5. The Kier molecular flexibility index (Phi) is 5.07. The van der Waals surface area contributed by atoms with Crippen LogP contribution in [-0.4, -0.2) is 34.2 Å². The van der Waals surface area contributed by atoms with E-state index >= 15 is 0 Å². The van der Waals surface area contributed by atoms with Crippen molar-refractivity contribution in [2.75, 3.05) is 23.3 Å². The van der Waals surface area contributed by atoms with Crippen LogP contribution in [0.3, 0.4) is 0 Å². The number of alkyl halides is 1. The predicted molar refractivity (Wildman–Crippen MR) is 120 cm³/mol. The molecule has 0 radical (unpaired) electrons. The lowest BCUT2D eigenvalue weighted by molar-refractivity contribution is -0.123. The van der Waals surface area contributed by atoms with E-state index in [0.717, 1.165) is 49.1 Å². The Balaban J connectivity index is 1.20. The zero-order valence-electron chi connectivity index (χ0n) is 17.4. The first kappa shape index (κ1) is 20.3. The average Bonchev–Trinajstić information content (AvgIpc) is 2.66. The van der Waals surface area contributed by atoms with E-state index in [2.05, 4.69) is 31.1 Å². The number of halogens is 1. The van der Waals surface area contributed by atoms with Gasteiger partial charge in [-0.25, -0.2) is 4.98 Å². The molecular weight excluding hydrogens is 444 g/mol. The van der Waals surface area contributed by atoms with Gasteiger partial charge in [0.2, 0.25) is 11.8 Å². The largest absolute Gasteiger partial charge is 0.369 e. The van der Waals surface area contributed by atoms with Gasteiger partial charge in [-0.1, -0.05) is 15.9 Å². The third kappa shape index (κ3) is 3.97. The maximum absolute atomic E-state index is 12.9. The second kappa shape index (κ2) is 7.50. The molecule has 162 valence electrons. The number of pyridine rings is 1. The summed E-state index contributed by atoms with van der Waals surface area (Å²) >= 11 is 4.03. The lowest BCUT2D eigenvalue weighted by atomic mass is 9.48. The van der Waals surface area contributed by atoms with Crippen LogP contribution in [0.25, 0.3) is 0 Å². The molecule has 4 saturated carbocycles. The molecule has 0 aromatic carbocycles. The molecule has 3 N–H and O–H groups in total. The Bertz CT molecular complexity index is 828. The van der Waals surface area contributed by atoms with E-state index in [1.165, 1.54) is 32.1 Å². The molecule has 0 spiro atoms. The summed E-state index contributed by atoms with van der Waals surface area (Å²) in [5.74, 6) is 2.16.